The van der Waals surface area contributed by atoms with E-state index in [1.807, 2.05) is 17.0 Å². The van der Waals surface area contributed by atoms with Crippen LogP contribution >= 0.6 is 0 Å². The highest BCUT2D eigenvalue weighted by Gasteiger charge is 2.34. The van der Waals surface area contributed by atoms with Crippen LogP contribution in [0.2, 0.25) is 0 Å². The molecule has 0 N–H and O–H groups in total. The lowest BCUT2D eigenvalue weighted by atomic mass is 9.99. The van der Waals surface area contributed by atoms with Crippen molar-refractivity contribution in [2.24, 2.45) is 5.92 Å². The summed E-state index contributed by atoms with van der Waals surface area (Å²) in [5, 5.41) is 0. The molecule has 8 heteroatoms. The lowest BCUT2D eigenvalue weighted by Crippen LogP contribution is -2.38. The number of anilines is 1. The van der Waals surface area contributed by atoms with Crippen molar-refractivity contribution in [2.75, 3.05) is 24.6 Å². The van der Waals surface area contributed by atoms with Gasteiger partial charge in [-0.25, -0.2) is 15.0 Å². The van der Waals surface area contributed by atoms with E-state index in [4.69, 9.17) is 4.74 Å². The van der Waals surface area contributed by atoms with Gasteiger partial charge >= 0.3 is 6.18 Å². The van der Waals surface area contributed by atoms with Gasteiger partial charge in [-0.1, -0.05) is 6.07 Å². The summed E-state index contributed by atoms with van der Waals surface area (Å²) >= 11 is 0. The van der Waals surface area contributed by atoms with Crippen LogP contribution in [0.25, 0.3) is 0 Å². The molecule has 0 saturated carbocycles. The molecular formula is C17H19F3N4O. The van der Waals surface area contributed by atoms with Gasteiger partial charge in [0.05, 0.1) is 6.61 Å². The van der Waals surface area contributed by atoms with Crippen LogP contribution in [-0.2, 0) is 6.18 Å². The summed E-state index contributed by atoms with van der Waals surface area (Å²) in [7, 11) is 0. The molecule has 1 aliphatic heterocycles. The van der Waals surface area contributed by atoms with Gasteiger partial charge in [-0.2, -0.15) is 13.2 Å². The third-order valence-corrected chi connectivity index (χ3v) is 4.06. The van der Waals surface area contributed by atoms with E-state index in [1.54, 1.807) is 12.3 Å². The molecule has 1 unspecified atom stereocenters. The topological polar surface area (TPSA) is 51.1 Å². The predicted molar refractivity (Wildman–Crippen MR) is 86.4 cm³/mol. The number of nitrogens with zero attached hydrogens (tertiary/aromatic N) is 4. The summed E-state index contributed by atoms with van der Waals surface area (Å²) in [4.78, 5) is 13.7. The molecule has 1 atom stereocenters. The maximum Gasteiger partial charge on any atom is 0.433 e. The molecular weight excluding hydrogens is 333 g/mol. The summed E-state index contributed by atoms with van der Waals surface area (Å²) in [6, 6.07) is 6.46. The van der Waals surface area contributed by atoms with Gasteiger partial charge in [0.2, 0.25) is 5.88 Å². The Morgan fingerprint density at radius 3 is 2.84 bits per heavy atom. The smallest absolute Gasteiger partial charge is 0.433 e. The van der Waals surface area contributed by atoms with Crippen molar-refractivity contribution in [2.45, 2.75) is 25.9 Å². The average molecular weight is 352 g/mol. The zero-order chi connectivity index (χ0) is 17.9. The molecule has 0 aromatic carbocycles. The largest absolute Gasteiger partial charge is 0.477 e. The lowest BCUT2D eigenvalue weighted by Gasteiger charge is -2.33. The number of aryl methyl sites for hydroxylation is 1. The Balaban J connectivity index is 1.68. The Labute approximate surface area is 143 Å². The summed E-state index contributed by atoms with van der Waals surface area (Å²) in [6.07, 6.45) is -0.981. The first-order valence-corrected chi connectivity index (χ1v) is 8.13. The number of rotatable bonds is 4. The highest BCUT2D eigenvalue weighted by molar-refractivity contribution is 5.41. The maximum atomic E-state index is 13.0. The van der Waals surface area contributed by atoms with Crippen molar-refractivity contribution in [3.63, 3.8) is 0 Å². The van der Waals surface area contributed by atoms with Crippen LogP contribution in [-0.4, -0.2) is 34.6 Å². The van der Waals surface area contributed by atoms with E-state index in [-0.39, 0.29) is 11.7 Å². The predicted octanol–water partition coefficient (Wildman–Crippen LogP) is 3.49. The third-order valence-electron chi connectivity index (χ3n) is 4.06. The number of pyridine rings is 1. The monoisotopic (exact) mass is 352 g/mol. The Morgan fingerprint density at radius 1 is 1.28 bits per heavy atom. The number of hydrogen-bond acceptors (Lipinski definition) is 5. The minimum Gasteiger partial charge on any atom is -0.477 e. The molecule has 1 fully saturated rings. The van der Waals surface area contributed by atoms with E-state index in [1.165, 1.54) is 6.92 Å². The van der Waals surface area contributed by atoms with Gasteiger partial charge in [0.15, 0.2) is 0 Å². The summed E-state index contributed by atoms with van der Waals surface area (Å²) in [5.74, 6) is 1.20. The second kappa shape index (κ2) is 7.25. The zero-order valence-electron chi connectivity index (χ0n) is 13.8. The van der Waals surface area contributed by atoms with Crippen LogP contribution in [0.5, 0.6) is 5.88 Å². The fourth-order valence-corrected chi connectivity index (χ4v) is 2.90. The van der Waals surface area contributed by atoms with Crippen LogP contribution in [0.3, 0.4) is 0 Å². The van der Waals surface area contributed by atoms with Crippen LogP contribution in [0.15, 0.2) is 30.5 Å². The van der Waals surface area contributed by atoms with Crippen LogP contribution < -0.4 is 9.64 Å². The normalized spacial score (nSPS) is 18.2. The van der Waals surface area contributed by atoms with E-state index in [2.05, 4.69) is 15.0 Å². The Hall–Kier alpha value is -2.38. The van der Waals surface area contributed by atoms with E-state index in [9.17, 15) is 13.2 Å². The van der Waals surface area contributed by atoms with Crippen molar-refractivity contribution < 1.29 is 17.9 Å². The molecule has 1 saturated heterocycles. The van der Waals surface area contributed by atoms with E-state index in [0.29, 0.717) is 31.4 Å². The highest BCUT2D eigenvalue weighted by Crippen LogP contribution is 2.31. The van der Waals surface area contributed by atoms with Crippen molar-refractivity contribution in [1.82, 2.24) is 15.0 Å². The summed E-state index contributed by atoms with van der Waals surface area (Å²) in [6.45, 7) is 3.22. The second-order valence-corrected chi connectivity index (χ2v) is 6.09. The van der Waals surface area contributed by atoms with Gasteiger partial charge < -0.3 is 9.64 Å². The quantitative estimate of drug-likeness (QED) is 0.843. The van der Waals surface area contributed by atoms with Gasteiger partial charge in [-0.15, -0.1) is 0 Å². The van der Waals surface area contributed by atoms with E-state index < -0.39 is 11.9 Å². The molecule has 1 aliphatic rings. The molecule has 134 valence electrons. The van der Waals surface area contributed by atoms with Crippen LogP contribution in [0.4, 0.5) is 19.0 Å². The number of ether oxygens (including phenoxy) is 1. The molecule has 5 nitrogen and oxygen atoms in total. The van der Waals surface area contributed by atoms with Crippen molar-refractivity contribution in [3.8, 4) is 5.88 Å². The van der Waals surface area contributed by atoms with Gasteiger partial charge in [0.25, 0.3) is 0 Å². The Bertz CT molecular complexity index is 709. The lowest BCUT2D eigenvalue weighted by molar-refractivity contribution is -0.141. The van der Waals surface area contributed by atoms with Crippen LogP contribution in [0, 0.1) is 12.8 Å². The van der Waals surface area contributed by atoms with Gasteiger partial charge in [0.1, 0.15) is 17.3 Å². The number of aromatic nitrogens is 3. The molecule has 2 aromatic rings. The number of hydrogen-bond donors (Lipinski definition) is 0. The molecule has 0 bridgehead atoms. The van der Waals surface area contributed by atoms with Gasteiger partial charge in [0, 0.05) is 37.3 Å². The third kappa shape index (κ3) is 4.58. The molecule has 0 radical (unpaired) electrons. The van der Waals surface area contributed by atoms with Crippen molar-refractivity contribution in [1.29, 1.82) is 0 Å². The molecule has 0 amide bonds. The molecule has 3 heterocycles. The summed E-state index contributed by atoms with van der Waals surface area (Å²) < 4.78 is 44.6. The van der Waals surface area contributed by atoms with Gasteiger partial charge in [-0.05, 0) is 25.8 Å². The minimum absolute atomic E-state index is 0.122. The van der Waals surface area contributed by atoms with Gasteiger partial charge in [-0.3, -0.25) is 0 Å². The number of alkyl halides is 3. The van der Waals surface area contributed by atoms with E-state index in [0.717, 1.165) is 18.9 Å². The molecule has 0 aliphatic carbocycles. The van der Waals surface area contributed by atoms with E-state index >= 15 is 0 Å². The first-order chi connectivity index (χ1) is 11.9. The molecule has 3 rings (SSSR count). The fraction of sp³-hybridized carbons (Fsp3) is 0.471. The Kier molecular flexibility index (Phi) is 5.06. The minimum atomic E-state index is -4.47. The summed E-state index contributed by atoms with van der Waals surface area (Å²) in [5.41, 5.74) is -0.901. The van der Waals surface area contributed by atoms with Crippen molar-refractivity contribution >= 4 is 5.82 Å². The Morgan fingerprint density at radius 2 is 2.12 bits per heavy atom. The first kappa shape index (κ1) is 17.4. The molecule has 2 aromatic heterocycles. The maximum absolute atomic E-state index is 13.0. The second-order valence-electron chi connectivity index (χ2n) is 6.09. The number of halogens is 3. The number of piperidine rings is 1. The average Bonchev–Trinajstić information content (AvgIpc) is 2.60. The highest BCUT2D eigenvalue weighted by atomic mass is 19.4. The standard InChI is InChI=1S/C17H19F3N4O/c1-12-22-14(17(18,19)20)9-15(23-12)24-8-4-5-13(10-24)11-25-16-6-2-3-7-21-16/h2-3,6-7,9,13H,4-5,8,10-11H2,1H3. The van der Waals surface area contributed by atoms with Crippen LogP contribution in [0.1, 0.15) is 24.4 Å². The molecule has 25 heavy (non-hydrogen) atoms. The SMILES string of the molecule is Cc1nc(N2CCCC(COc3ccccn3)C2)cc(C(F)(F)F)n1. The molecule has 0 spiro atoms. The first-order valence-electron chi connectivity index (χ1n) is 8.13. The fourth-order valence-electron chi connectivity index (χ4n) is 2.90. The zero-order valence-corrected chi connectivity index (χ0v) is 13.8. The van der Waals surface area contributed by atoms with Crippen molar-refractivity contribution in [3.05, 3.63) is 42.0 Å².